The van der Waals surface area contributed by atoms with E-state index in [4.69, 9.17) is 5.73 Å². The quantitative estimate of drug-likeness (QED) is 0.871. The van der Waals surface area contributed by atoms with Crippen LogP contribution in [0.4, 0.5) is 4.39 Å². The molecule has 1 heterocycles. The molecule has 0 saturated heterocycles. The van der Waals surface area contributed by atoms with Crippen molar-refractivity contribution in [2.24, 2.45) is 5.73 Å². The monoisotopic (exact) mass is 232 g/mol. The van der Waals surface area contributed by atoms with Crippen LogP contribution in [0, 0.1) is 5.82 Å². The summed E-state index contributed by atoms with van der Waals surface area (Å²) in [5, 5.41) is 0. The summed E-state index contributed by atoms with van der Waals surface area (Å²) in [6.45, 7) is 0.580. The van der Waals surface area contributed by atoms with Gasteiger partial charge in [0, 0.05) is 24.4 Å². The zero-order valence-electron chi connectivity index (χ0n) is 9.27. The van der Waals surface area contributed by atoms with Crippen molar-refractivity contribution < 1.29 is 4.39 Å². The van der Waals surface area contributed by atoms with Gasteiger partial charge in [-0.3, -0.25) is 4.79 Å². The van der Waals surface area contributed by atoms with Gasteiger partial charge in [0.2, 0.25) is 0 Å². The Morgan fingerprint density at radius 2 is 2.06 bits per heavy atom. The minimum absolute atomic E-state index is 0.0777. The van der Waals surface area contributed by atoms with Crippen LogP contribution in [0.5, 0.6) is 0 Å². The van der Waals surface area contributed by atoms with Crippen LogP contribution in [0.3, 0.4) is 0 Å². The van der Waals surface area contributed by atoms with E-state index in [0.29, 0.717) is 12.1 Å². The molecule has 0 spiro atoms. The molecule has 88 valence electrons. The molecule has 17 heavy (non-hydrogen) atoms. The van der Waals surface area contributed by atoms with Gasteiger partial charge >= 0.3 is 0 Å². The molecule has 0 aliphatic heterocycles. The fourth-order valence-electron chi connectivity index (χ4n) is 1.67. The summed E-state index contributed by atoms with van der Waals surface area (Å²) in [5.41, 5.74) is 6.68. The van der Waals surface area contributed by atoms with E-state index in [2.05, 4.69) is 0 Å². The minimum Gasteiger partial charge on any atom is -0.326 e. The highest BCUT2D eigenvalue weighted by atomic mass is 19.1. The van der Waals surface area contributed by atoms with Crippen molar-refractivity contribution in [3.05, 3.63) is 69.9 Å². The van der Waals surface area contributed by atoms with E-state index in [1.165, 1.54) is 12.1 Å². The molecule has 1 aromatic carbocycles. The maximum atomic E-state index is 13.2. The van der Waals surface area contributed by atoms with Gasteiger partial charge in [-0.05, 0) is 23.8 Å². The number of hydrogen-bond donors (Lipinski definition) is 1. The number of hydrogen-bond acceptors (Lipinski definition) is 2. The van der Waals surface area contributed by atoms with E-state index < -0.39 is 0 Å². The van der Waals surface area contributed by atoms with E-state index >= 15 is 0 Å². The van der Waals surface area contributed by atoms with Crippen molar-refractivity contribution in [2.75, 3.05) is 0 Å². The Morgan fingerprint density at radius 3 is 2.76 bits per heavy atom. The van der Waals surface area contributed by atoms with Gasteiger partial charge in [-0.1, -0.05) is 12.1 Å². The van der Waals surface area contributed by atoms with Crippen LogP contribution in [-0.2, 0) is 13.1 Å². The second kappa shape index (κ2) is 4.93. The zero-order valence-corrected chi connectivity index (χ0v) is 9.27. The summed E-state index contributed by atoms with van der Waals surface area (Å²) in [6, 6.07) is 9.70. The number of benzene rings is 1. The van der Waals surface area contributed by atoms with Gasteiger partial charge in [-0.2, -0.15) is 0 Å². The molecule has 2 rings (SSSR count). The zero-order chi connectivity index (χ0) is 12.3. The Morgan fingerprint density at radius 1 is 1.24 bits per heavy atom. The molecule has 0 fully saturated rings. The molecule has 1 aromatic heterocycles. The largest absolute Gasteiger partial charge is 0.326 e. The molecule has 0 atom stereocenters. The standard InChI is InChI=1S/C13H13FN2O/c14-12-5-4-10(7-11(12)8-15)9-16-6-2-1-3-13(16)17/h1-7H,8-9,15H2. The molecule has 2 aromatic rings. The normalized spacial score (nSPS) is 10.5. The third kappa shape index (κ3) is 2.60. The highest BCUT2D eigenvalue weighted by Gasteiger charge is 2.03. The Balaban J connectivity index is 2.31. The first-order valence-electron chi connectivity index (χ1n) is 5.33. The van der Waals surface area contributed by atoms with Gasteiger partial charge in [0.25, 0.3) is 5.56 Å². The molecule has 0 radical (unpaired) electrons. The van der Waals surface area contributed by atoms with Crippen LogP contribution < -0.4 is 11.3 Å². The smallest absolute Gasteiger partial charge is 0.250 e. The van der Waals surface area contributed by atoms with Gasteiger partial charge < -0.3 is 10.3 Å². The van der Waals surface area contributed by atoms with E-state index in [-0.39, 0.29) is 17.9 Å². The lowest BCUT2D eigenvalue weighted by atomic mass is 10.1. The topological polar surface area (TPSA) is 48.0 Å². The average Bonchev–Trinajstić information content (AvgIpc) is 2.34. The molecule has 0 aliphatic carbocycles. The second-order valence-corrected chi connectivity index (χ2v) is 3.80. The lowest BCUT2D eigenvalue weighted by Gasteiger charge is -2.07. The van der Waals surface area contributed by atoms with Gasteiger partial charge in [-0.15, -0.1) is 0 Å². The van der Waals surface area contributed by atoms with Crippen LogP contribution in [0.15, 0.2) is 47.4 Å². The number of nitrogens with zero attached hydrogens (tertiary/aromatic N) is 1. The fourth-order valence-corrected chi connectivity index (χ4v) is 1.67. The van der Waals surface area contributed by atoms with Crippen molar-refractivity contribution in [1.82, 2.24) is 4.57 Å². The first kappa shape index (κ1) is 11.5. The molecule has 3 nitrogen and oxygen atoms in total. The van der Waals surface area contributed by atoms with Crippen LogP contribution in [0.2, 0.25) is 0 Å². The van der Waals surface area contributed by atoms with E-state index in [9.17, 15) is 9.18 Å². The van der Waals surface area contributed by atoms with E-state index in [1.54, 1.807) is 35.0 Å². The van der Waals surface area contributed by atoms with E-state index in [0.717, 1.165) is 5.56 Å². The van der Waals surface area contributed by atoms with Crippen molar-refractivity contribution in [2.45, 2.75) is 13.1 Å². The SMILES string of the molecule is NCc1cc(Cn2ccccc2=O)ccc1F. The summed E-state index contributed by atoms with van der Waals surface area (Å²) in [6.07, 6.45) is 1.70. The highest BCUT2D eigenvalue weighted by Crippen LogP contribution is 2.10. The van der Waals surface area contributed by atoms with Crippen LogP contribution in [0.25, 0.3) is 0 Å². The first-order valence-corrected chi connectivity index (χ1v) is 5.33. The molecule has 0 aliphatic rings. The lowest BCUT2D eigenvalue weighted by Crippen LogP contribution is -2.18. The maximum absolute atomic E-state index is 13.2. The predicted molar refractivity (Wildman–Crippen MR) is 64.1 cm³/mol. The fraction of sp³-hybridized carbons (Fsp3) is 0.154. The molecular formula is C13H13FN2O. The number of rotatable bonds is 3. The van der Waals surface area contributed by atoms with Crippen LogP contribution in [0.1, 0.15) is 11.1 Å². The van der Waals surface area contributed by atoms with E-state index in [1.807, 2.05) is 0 Å². The lowest BCUT2D eigenvalue weighted by molar-refractivity contribution is 0.608. The minimum atomic E-state index is -0.309. The first-order chi connectivity index (χ1) is 8.20. The highest BCUT2D eigenvalue weighted by molar-refractivity contribution is 5.25. The van der Waals surface area contributed by atoms with Crippen molar-refractivity contribution in [3.8, 4) is 0 Å². The van der Waals surface area contributed by atoms with Gasteiger partial charge in [0.15, 0.2) is 0 Å². The summed E-state index contributed by atoms with van der Waals surface area (Å²) >= 11 is 0. The molecule has 0 unspecified atom stereocenters. The maximum Gasteiger partial charge on any atom is 0.250 e. The molecule has 2 N–H and O–H groups in total. The Kier molecular flexibility index (Phi) is 3.35. The molecule has 0 amide bonds. The Hall–Kier alpha value is -1.94. The van der Waals surface area contributed by atoms with Crippen molar-refractivity contribution in [1.29, 1.82) is 0 Å². The van der Waals surface area contributed by atoms with Crippen molar-refractivity contribution >= 4 is 0 Å². The third-order valence-corrected chi connectivity index (χ3v) is 2.58. The Bertz CT molecular complexity index is 578. The van der Waals surface area contributed by atoms with Gasteiger partial charge in [0.05, 0.1) is 6.54 Å². The number of pyridine rings is 1. The van der Waals surface area contributed by atoms with Crippen LogP contribution in [-0.4, -0.2) is 4.57 Å². The number of aromatic nitrogens is 1. The predicted octanol–water partition coefficient (Wildman–Crippen LogP) is 1.49. The summed E-state index contributed by atoms with van der Waals surface area (Å²) < 4.78 is 14.8. The van der Waals surface area contributed by atoms with Crippen LogP contribution >= 0.6 is 0 Å². The second-order valence-electron chi connectivity index (χ2n) is 3.80. The molecule has 0 saturated carbocycles. The van der Waals surface area contributed by atoms with Crippen molar-refractivity contribution in [3.63, 3.8) is 0 Å². The molecule has 4 heteroatoms. The summed E-state index contributed by atoms with van der Waals surface area (Å²) in [5.74, 6) is -0.309. The average molecular weight is 232 g/mol. The number of halogens is 1. The van der Waals surface area contributed by atoms with Gasteiger partial charge in [-0.25, -0.2) is 4.39 Å². The third-order valence-electron chi connectivity index (χ3n) is 2.58. The Labute approximate surface area is 98.3 Å². The molecular weight excluding hydrogens is 219 g/mol. The summed E-state index contributed by atoms with van der Waals surface area (Å²) in [7, 11) is 0. The summed E-state index contributed by atoms with van der Waals surface area (Å²) in [4.78, 5) is 11.5. The molecule has 0 bridgehead atoms. The number of nitrogens with two attached hydrogens (primary N) is 1. The van der Waals surface area contributed by atoms with Gasteiger partial charge in [0.1, 0.15) is 5.82 Å².